The van der Waals surface area contributed by atoms with Gasteiger partial charge in [0.15, 0.2) is 5.76 Å². The number of rotatable bonds is 9. The van der Waals surface area contributed by atoms with Gasteiger partial charge in [-0.15, -0.1) is 0 Å². The van der Waals surface area contributed by atoms with Gasteiger partial charge in [0.1, 0.15) is 5.54 Å². The Morgan fingerprint density at radius 1 is 1.35 bits per heavy atom. The Bertz CT molecular complexity index is 527. The summed E-state index contributed by atoms with van der Waals surface area (Å²) in [7, 11) is 1.30. The zero-order valence-corrected chi connectivity index (χ0v) is 13.8. The van der Waals surface area contributed by atoms with Crippen LogP contribution >= 0.6 is 0 Å². The van der Waals surface area contributed by atoms with E-state index in [9.17, 15) is 14.4 Å². The first-order valence-corrected chi connectivity index (χ1v) is 7.64. The lowest BCUT2D eigenvalue weighted by Gasteiger charge is -2.27. The Morgan fingerprint density at radius 3 is 2.65 bits per heavy atom. The van der Waals surface area contributed by atoms with Gasteiger partial charge >= 0.3 is 5.97 Å². The lowest BCUT2D eigenvalue weighted by atomic mass is 9.96. The van der Waals surface area contributed by atoms with E-state index < -0.39 is 11.5 Å². The van der Waals surface area contributed by atoms with E-state index in [0.717, 1.165) is 6.42 Å². The molecule has 1 heterocycles. The van der Waals surface area contributed by atoms with Gasteiger partial charge in [0.2, 0.25) is 5.91 Å². The van der Waals surface area contributed by atoms with Crippen LogP contribution in [0.4, 0.5) is 0 Å². The first kappa shape index (κ1) is 18.7. The van der Waals surface area contributed by atoms with E-state index in [4.69, 9.17) is 9.15 Å². The highest BCUT2D eigenvalue weighted by atomic mass is 16.5. The fourth-order valence-corrected chi connectivity index (χ4v) is 2.26. The molecule has 1 rings (SSSR count). The van der Waals surface area contributed by atoms with E-state index in [1.165, 1.54) is 13.4 Å². The summed E-state index contributed by atoms with van der Waals surface area (Å²) < 4.78 is 9.71. The summed E-state index contributed by atoms with van der Waals surface area (Å²) in [5.74, 6) is -0.797. The summed E-state index contributed by atoms with van der Waals surface area (Å²) >= 11 is 0. The highest BCUT2D eigenvalue weighted by Crippen LogP contribution is 2.14. The number of hydrogen-bond acceptors (Lipinski definition) is 5. The molecule has 1 atom stereocenters. The van der Waals surface area contributed by atoms with E-state index in [-0.39, 0.29) is 24.0 Å². The minimum Gasteiger partial charge on any atom is -0.467 e. The van der Waals surface area contributed by atoms with Gasteiger partial charge in [-0.05, 0) is 31.9 Å². The summed E-state index contributed by atoms with van der Waals surface area (Å²) in [6.45, 7) is 3.92. The number of carbonyl (C=O) groups excluding carboxylic acids is 3. The maximum atomic E-state index is 12.0. The minimum atomic E-state index is -1.02. The van der Waals surface area contributed by atoms with Crippen LogP contribution in [0.5, 0.6) is 0 Å². The van der Waals surface area contributed by atoms with Gasteiger partial charge in [-0.3, -0.25) is 9.59 Å². The Labute approximate surface area is 135 Å². The molecule has 0 fully saturated rings. The van der Waals surface area contributed by atoms with Crippen molar-refractivity contribution in [2.24, 2.45) is 0 Å². The number of furan rings is 1. The molecule has 0 bridgehead atoms. The first-order valence-electron chi connectivity index (χ1n) is 7.64. The van der Waals surface area contributed by atoms with Gasteiger partial charge in [0.05, 0.1) is 13.4 Å². The van der Waals surface area contributed by atoms with E-state index in [0.29, 0.717) is 19.4 Å². The predicted molar refractivity (Wildman–Crippen MR) is 83.7 cm³/mol. The van der Waals surface area contributed by atoms with Crippen molar-refractivity contribution >= 4 is 17.8 Å². The van der Waals surface area contributed by atoms with E-state index in [1.54, 1.807) is 19.1 Å². The maximum Gasteiger partial charge on any atom is 0.331 e. The second-order valence-corrected chi connectivity index (χ2v) is 5.46. The van der Waals surface area contributed by atoms with Gasteiger partial charge < -0.3 is 19.8 Å². The smallest absolute Gasteiger partial charge is 0.331 e. The molecular formula is C16H24N2O5. The molecule has 0 saturated carbocycles. The van der Waals surface area contributed by atoms with Crippen molar-refractivity contribution in [2.45, 2.75) is 45.1 Å². The lowest BCUT2D eigenvalue weighted by molar-refractivity contribution is -0.150. The molecule has 0 spiro atoms. The Kier molecular flexibility index (Phi) is 7.31. The van der Waals surface area contributed by atoms with E-state index in [1.807, 2.05) is 6.92 Å². The Morgan fingerprint density at radius 2 is 2.09 bits per heavy atom. The van der Waals surface area contributed by atoms with Crippen LogP contribution < -0.4 is 10.6 Å². The van der Waals surface area contributed by atoms with Gasteiger partial charge in [-0.2, -0.15) is 0 Å². The third-order valence-electron chi connectivity index (χ3n) is 3.41. The van der Waals surface area contributed by atoms with Crippen LogP contribution in [0.1, 0.15) is 50.1 Å². The SMILES string of the molecule is CCCC(C)(NC(=O)CCCNC(=O)c1ccco1)C(=O)OC. The Balaban J connectivity index is 2.35. The molecule has 1 aromatic rings. The van der Waals surface area contributed by atoms with Crippen molar-refractivity contribution in [3.63, 3.8) is 0 Å². The standard InChI is InChI=1S/C16H24N2O5/c1-4-9-16(2,15(21)22-3)18-13(19)8-5-10-17-14(20)12-7-6-11-23-12/h6-7,11H,4-5,8-10H2,1-3H3,(H,17,20)(H,18,19). The molecule has 0 saturated heterocycles. The fourth-order valence-electron chi connectivity index (χ4n) is 2.26. The number of nitrogens with one attached hydrogen (secondary N) is 2. The molecule has 2 N–H and O–H groups in total. The van der Waals surface area contributed by atoms with Crippen LogP contribution in [-0.2, 0) is 14.3 Å². The molecule has 1 aromatic heterocycles. The normalized spacial score (nSPS) is 13.0. The number of hydrogen-bond donors (Lipinski definition) is 2. The number of methoxy groups -OCH3 is 1. The van der Waals surface area contributed by atoms with Crippen molar-refractivity contribution in [2.75, 3.05) is 13.7 Å². The molecule has 2 amide bonds. The summed E-state index contributed by atoms with van der Waals surface area (Å²) in [6, 6.07) is 3.19. The second-order valence-electron chi connectivity index (χ2n) is 5.46. The summed E-state index contributed by atoms with van der Waals surface area (Å²) in [4.78, 5) is 35.4. The van der Waals surface area contributed by atoms with Crippen LogP contribution in [0.2, 0.25) is 0 Å². The maximum absolute atomic E-state index is 12.0. The van der Waals surface area contributed by atoms with Crippen molar-refractivity contribution in [3.05, 3.63) is 24.2 Å². The lowest BCUT2D eigenvalue weighted by Crippen LogP contribution is -2.52. The van der Waals surface area contributed by atoms with Crippen LogP contribution in [0.15, 0.2) is 22.8 Å². The van der Waals surface area contributed by atoms with Crippen molar-refractivity contribution < 1.29 is 23.5 Å². The minimum absolute atomic E-state index is 0.203. The molecule has 23 heavy (non-hydrogen) atoms. The monoisotopic (exact) mass is 324 g/mol. The second kappa shape index (κ2) is 8.97. The number of carbonyl (C=O) groups is 3. The highest BCUT2D eigenvalue weighted by Gasteiger charge is 2.34. The molecular weight excluding hydrogens is 300 g/mol. The molecule has 0 aromatic carbocycles. The van der Waals surface area contributed by atoms with Crippen LogP contribution in [0.25, 0.3) is 0 Å². The number of ether oxygens (including phenoxy) is 1. The first-order chi connectivity index (χ1) is 10.9. The van der Waals surface area contributed by atoms with E-state index in [2.05, 4.69) is 10.6 Å². The quantitative estimate of drug-likeness (QED) is 0.531. The topological polar surface area (TPSA) is 97.6 Å². The van der Waals surface area contributed by atoms with E-state index >= 15 is 0 Å². The summed E-state index contributed by atoms with van der Waals surface area (Å²) in [5, 5.41) is 5.37. The average Bonchev–Trinajstić information content (AvgIpc) is 3.05. The molecule has 7 nitrogen and oxygen atoms in total. The molecule has 7 heteroatoms. The van der Waals surface area contributed by atoms with Gasteiger partial charge in [-0.1, -0.05) is 13.3 Å². The third kappa shape index (κ3) is 5.77. The number of esters is 1. The van der Waals surface area contributed by atoms with Gasteiger partial charge in [0.25, 0.3) is 5.91 Å². The molecule has 0 aliphatic rings. The molecule has 0 radical (unpaired) electrons. The van der Waals surface area contributed by atoms with Gasteiger partial charge in [-0.25, -0.2) is 4.79 Å². The largest absolute Gasteiger partial charge is 0.467 e. The highest BCUT2D eigenvalue weighted by molar-refractivity contribution is 5.91. The van der Waals surface area contributed by atoms with Crippen LogP contribution in [-0.4, -0.2) is 37.0 Å². The summed E-state index contributed by atoms with van der Waals surface area (Å²) in [6.07, 6.45) is 3.33. The van der Waals surface area contributed by atoms with Crippen molar-refractivity contribution in [3.8, 4) is 0 Å². The fraction of sp³-hybridized carbons (Fsp3) is 0.562. The molecule has 0 aliphatic carbocycles. The third-order valence-corrected chi connectivity index (χ3v) is 3.41. The predicted octanol–water partition coefficient (Wildman–Crippen LogP) is 1.64. The molecule has 0 aliphatic heterocycles. The zero-order chi connectivity index (χ0) is 17.3. The van der Waals surface area contributed by atoms with Crippen molar-refractivity contribution in [1.82, 2.24) is 10.6 Å². The van der Waals surface area contributed by atoms with Crippen molar-refractivity contribution in [1.29, 1.82) is 0 Å². The van der Waals surface area contributed by atoms with Crippen LogP contribution in [0.3, 0.4) is 0 Å². The van der Waals surface area contributed by atoms with Crippen LogP contribution in [0, 0.1) is 0 Å². The van der Waals surface area contributed by atoms with Gasteiger partial charge in [0, 0.05) is 13.0 Å². The average molecular weight is 324 g/mol. The Hall–Kier alpha value is -2.31. The molecule has 128 valence electrons. The zero-order valence-electron chi connectivity index (χ0n) is 13.8. The number of amides is 2. The molecule has 1 unspecified atom stereocenters. The summed E-state index contributed by atoms with van der Waals surface area (Å²) in [5.41, 5.74) is -1.02.